The number of para-hydroxylation sites is 2. The first-order valence-electron chi connectivity index (χ1n) is 15.3. The Balaban J connectivity index is 1.15. The van der Waals surface area contributed by atoms with Crippen LogP contribution in [0.5, 0.6) is 0 Å². The Morgan fingerprint density at radius 3 is 2.49 bits per heavy atom. The first kappa shape index (κ1) is 30.1. The normalized spacial score (nSPS) is 16.6. The summed E-state index contributed by atoms with van der Waals surface area (Å²) in [5, 5.41) is 14.9. The molecule has 0 radical (unpaired) electrons. The third-order valence-corrected chi connectivity index (χ3v) is 8.30. The summed E-state index contributed by atoms with van der Waals surface area (Å²) in [4.78, 5) is 26.1. The van der Waals surface area contributed by atoms with Crippen LogP contribution < -0.4 is 16.4 Å². The van der Waals surface area contributed by atoms with Crippen molar-refractivity contribution in [2.75, 3.05) is 24.3 Å². The zero-order chi connectivity index (χ0) is 31.2. The molecule has 0 saturated carbocycles. The Morgan fingerprint density at radius 2 is 1.67 bits per heavy atom. The van der Waals surface area contributed by atoms with Crippen molar-refractivity contribution in [2.45, 2.75) is 44.4 Å². The Kier molecular flexibility index (Phi) is 9.24. The number of rotatable bonds is 11. The quantitative estimate of drug-likeness (QED) is 0.110. The van der Waals surface area contributed by atoms with Gasteiger partial charge >= 0.3 is 0 Å². The minimum atomic E-state index is -0.587. The van der Waals surface area contributed by atoms with Crippen LogP contribution in [0.1, 0.15) is 57.8 Å². The second-order valence-corrected chi connectivity index (χ2v) is 11.4. The molecular formula is C37H37N3O5. The van der Waals surface area contributed by atoms with Crippen molar-refractivity contribution in [1.29, 1.82) is 0 Å². The predicted molar refractivity (Wildman–Crippen MR) is 174 cm³/mol. The summed E-state index contributed by atoms with van der Waals surface area (Å²) in [6.07, 6.45) is 4.10. The summed E-state index contributed by atoms with van der Waals surface area (Å²) in [6, 6.07) is 29.0. The molecule has 8 nitrogen and oxygen atoms in total. The van der Waals surface area contributed by atoms with Gasteiger partial charge < -0.3 is 30.9 Å². The van der Waals surface area contributed by atoms with Crippen LogP contribution in [0, 0.1) is 0 Å². The summed E-state index contributed by atoms with van der Waals surface area (Å²) in [5.74, 6) is -0.442. The van der Waals surface area contributed by atoms with E-state index in [2.05, 4.69) is 53.1 Å². The van der Waals surface area contributed by atoms with Crippen LogP contribution >= 0.6 is 0 Å². The molecule has 2 amide bonds. The molecular weight excluding hydrogens is 566 g/mol. The molecule has 5 N–H and O–H groups in total. The van der Waals surface area contributed by atoms with Crippen molar-refractivity contribution in [1.82, 2.24) is 5.32 Å². The van der Waals surface area contributed by atoms with Crippen molar-refractivity contribution in [3.8, 4) is 11.1 Å². The summed E-state index contributed by atoms with van der Waals surface area (Å²) in [5.41, 5.74) is 14.6. The number of aliphatic hydroxyl groups excluding tert-OH is 1. The van der Waals surface area contributed by atoms with Crippen LogP contribution in [-0.2, 0) is 27.2 Å². The van der Waals surface area contributed by atoms with Gasteiger partial charge in [0.1, 0.15) is 0 Å². The highest BCUT2D eigenvalue weighted by atomic mass is 16.7. The van der Waals surface area contributed by atoms with Gasteiger partial charge in [0.2, 0.25) is 6.29 Å². The van der Waals surface area contributed by atoms with Crippen LogP contribution in [0.3, 0.4) is 0 Å². The number of hydrogen-bond donors (Lipinski definition) is 4. The number of carbonyl (C=O) groups is 2. The lowest BCUT2D eigenvalue weighted by Crippen LogP contribution is -2.33. The second kappa shape index (κ2) is 13.8. The van der Waals surface area contributed by atoms with Gasteiger partial charge in [0, 0.05) is 31.1 Å². The highest BCUT2D eigenvalue weighted by molar-refractivity contribution is 6.05. The van der Waals surface area contributed by atoms with E-state index in [0.717, 1.165) is 12.0 Å². The molecule has 0 saturated heterocycles. The first-order valence-corrected chi connectivity index (χ1v) is 15.3. The number of fused-ring (bicyclic) bond motifs is 3. The summed E-state index contributed by atoms with van der Waals surface area (Å²) < 4.78 is 12.1. The van der Waals surface area contributed by atoms with Crippen LogP contribution in [0.2, 0.25) is 0 Å². The van der Waals surface area contributed by atoms with E-state index in [9.17, 15) is 9.59 Å². The maximum Gasteiger partial charge on any atom is 0.286 e. The number of allylic oxidation sites excluding steroid dienone is 1. The highest BCUT2D eigenvalue weighted by Gasteiger charge is 2.32. The second-order valence-electron chi connectivity index (χ2n) is 11.4. The van der Waals surface area contributed by atoms with E-state index in [1.165, 1.54) is 27.8 Å². The Hall–Kier alpha value is -4.92. The fourth-order valence-corrected chi connectivity index (χ4v) is 5.94. The lowest BCUT2D eigenvalue weighted by Gasteiger charge is -2.30. The molecule has 0 bridgehead atoms. The molecule has 4 aromatic rings. The fraction of sp³-hybridized carbons (Fsp3) is 0.243. The molecule has 0 aromatic heterocycles. The van der Waals surface area contributed by atoms with E-state index in [1.807, 2.05) is 18.2 Å². The molecule has 1 aliphatic heterocycles. The number of unbranched alkanes of at least 4 members (excludes halogenated alkanes) is 1. The molecule has 0 unspecified atom stereocenters. The maximum atomic E-state index is 13.4. The molecule has 6 rings (SSSR count). The summed E-state index contributed by atoms with van der Waals surface area (Å²) in [6.45, 7) is 0.798. The molecule has 2 aliphatic rings. The van der Waals surface area contributed by atoms with Gasteiger partial charge in [-0.05, 0) is 83.0 Å². The smallest absolute Gasteiger partial charge is 0.286 e. The Labute approximate surface area is 262 Å². The topological polar surface area (TPSA) is 123 Å². The standard InChI is InChI=1S/C37H37N3O5/c38-32-12-3-4-13-33(32)40-36(42)25-16-14-24(15-17-25)23-39-37(43)34-21-27(22-35(45-34)44-19-6-5-18-41)29-10-7-11-30-28-9-2-1-8-26(28)20-31(29)30/h1-4,7-17,21,27,35,41H,5-6,18-20,22-23,38H2,(H,39,43)(H,40,42)/t27-,35+/m0/s1. The number of anilines is 2. The van der Waals surface area contributed by atoms with Crippen LogP contribution in [0.4, 0.5) is 11.4 Å². The third kappa shape index (κ3) is 6.93. The summed E-state index contributed by atoms with van der Waals surface area (Å²) >= 11 is 0. The maximum absolute atomic E-state index is 13.4. The number of amides is 2. The van der Waals surface area contributed by atoms with Crippen molar-refractivity contribution in [2.24, 2.45) is 0 Å². The van der Waals surface area contributed by atoms with Crippen molar-refractivity contribution >= 4 is 23.2 Å². The molecule has 2 atom stereocenters. The van der Waals surface area contributed by atoms with Crippen LogP contribution in [0.15, 0.2) is 103 Å². The van der Waals surface area contributed by atoms with Crippen molar-refractivity contribution < 1.29 is 24.2 Å². The SMILES string of the molecule is Nc1ccccc1NC(=O)c1ccc(CNC(=O)C2=C[C@H](c3cccc4c3Cc3ccccc3-4)C[C@H](OCCCCO)O2)cc1. The number of benzene rings is 4. The van der Waals surface area contributed by atoms with E-state index < -0.39 is 6.29 Å². The number of nitrogens with two attached hydrogens (primary N) is 1. The number of ether oxygens (including phenoxy) is 2. The Morgan fingerprint density at radius 1 is 0.889 bits per heavy atom. The molecule has 230 valence electrons. The monoisotopic (exact) mass is 603 g/mol. The molecule has 0 spiro atoms. The van der Waals surface area contributed by atoms with Gasteiger partial charge in [0.25, 0.3) is 11.8 Å². The number of nitrogen functional groups attached to an aromatic ring is 1. The van der Waals surface area contributed by atoms with E-state index >= 15 is 0 Å². The lowest BCUT2D eigenvalue weighted by molar-refractivity contribution is -0.146. The van der Waals surface area contributed by atoms with E-state index in [0.29, 0.717) is 42.8 Å². The van der Waals surface area contributed by atoms with Gasteiger partial charge in [-0.1, -0.05) is 66.7 Å². The Bertz CT molecular complexity index is 1720. The van der Waals surface area contributed by atoms with Gasteiger partial charge in [0.05, 0.1) is 18.0 Å². The first-order chi connectivity index (χ1) is 22.0. The summed E-state index contributed by atoms with van der Waals surface area (Å²) in [7, 11) is 0. The largest absolute Gasteiger partial charge is 0.459 e. The average molecular weight is 604 g/mol. The minimum Gasteiger partial charge on any atom is -0.459 e. The number of carbonyl (C=O) groups excluding carboxylic acids is 2. The van der Waals surface area contributed by atoms with Gasteiger partial charge in [0.15, 0.2) is 5.76 Å². The molecule has 1 aliphatic carbocycles. The lowest BCUT2D eigenvalue weighted by atomic mass is 9.87. The predicted octanol–water partition coefficient (Wildman–Crippen LogP) is 5.91. The van der Waals surface area contributed by atoms with Crippen molar-refractivity contribution in [3.63, 3.8) is 0 Å². The molecule has 45 heavy (non-hydrogen) atoms. The highest BCUT2D eigenvalue weighted by Crippen LogP contribution is 2.43. The van der Waals surface area contributed by atoms with E-state index in [1.54, 1.807) is 36.4 Å². The zero-order valence-corrected chi connectivity index (χ0v) is 25.0. The zero-order valence-electron chi connectivity index (χ0n) is 25.0. The molecule has 1 heterocycles. The molecule has 0 fully saturated rings. The van der Waals surface area contributed by atoms with E-state index in [4.69, 9.17) is 20.3 Å². The number of aliphatic hydroxyl groups is 1. The van der Waals surface area contributed by atoms with Gasteiger partial charge in [-0.2, -0.15) is 0 Å². The molecule has 8 heteroatoms. The third-order valence-electron chi connectivity index (χ3n) is 8.30. The fourth-order valence-electron chi connectivity index (χ4n) is 5.94. The van der Waals surface area contributed by atoms with Gasteiger partial charge in [-0.3, -0.25) is 9.59 Å². The van der Waals surface area contributed by atoms with Gasteiger partial charge in [-0.15, -0.1) is 0 Å². The van der Waals surface area contributed by atoms with E-state index in [-0.39, 0.29) is 36.6 Å². The van der Waals surface area contributed by atoms with Gasteiger partial charge in [-0.25, -0.2) is 0 Å². The minimum absolute atomic E-state index is 0.0666. The number of hydrogen-bond acceptors (Lipinski definition) is 6. The van der Waals surface area contributed by atoms with Crippen LogP contribution in [0.25, 0.3) is 11.1 Å². The molecule has 4 aromatic carbocycles. The van der Waals surface area contributed by atoms with Crippen molar-refractivity contribution in [3.05, 3.63) is 131 Å². The van der Waals surface area contributed by atoms with Crippen LogP contribution in [-0.4, -0.2) is 36.4 Å². The average Bonchev–Trinajstić information content (AvgIpc) is 3.46. The number of nitrogens with one attached hydrogen (secondary N) is 2.